The largest absolute Gasteiger partial charge is 0.506 e. The van der Waals surface area contributed by atoms with Crippen molar-refractivity contribution in [3.63, 3.8) is 0 Å². The topological polar surface area (TPSA) is 47.0 Å². The van der Waals surface area contributed by atoms with Crippen LogP contribution in [0.5, 0.6) is 5.75 Å². The number of hydrogen-bond acceptors (Lipinski definition) is 4. The van der Waals surface area contributed by atoms with Crippen molar-refractivity contribution in [1.29, 1.82) is 0 Å². The highest BCUT2D eigenvalue weighted by Crippen LogP contribution is 2.27. The molecule has 25 heavy (non-hydrogen) atoms. The SMILES string of the molecule is CCN(C(=O)CN1CCN(c2ccccc2O)CC1)c1ccccc1. The average molecular weight is 339 g/mol. The van der Waals surface area contributed by atoms with Crippen LogP contribution >= 0.6 is 0 Å². The molecule has 1 aliphatic heterocycles. The molecule has 2 aromatic carbocycles. The summed E-state index contributed by atoms with van der Waals surface area (Å²) < 4.78 is 0. The molecular formula is C20H25N3O2. The molecule has 0 saturated carbocycles. The first kappa shape index (κ1) is 17.3. The lowest BCUT2D eigenvalue weighted by Crippen LogP contribution is -2.50. The average Bonchev–Trinajstić information content (AvgIpc) is 2.64. The smallest absolute Gasteiger partial charge is 0.241 e. The number of phenolic OH excluding ortho intramolecular Hbond substituents is 1. The molecule has 1 aliphatic rings. The van der Waals surface area contributed by atoms with Gasteiger partial charge in [-0.3, -0.25) is 9.69 Å². The molecule has 3 rings (SSSR count). The van der Waals surface area contributed by atoms with E-state index in [1.54, 1.807) is 6.07 Å². The Morgan fingerprint density at radius 3 is 2.28 bits per heavy atom. The summed E-state index contributed by atoms with van der Waals surface area (Å²) in [6.45, 7) is 6.34. The van der Waals surface area contributed by atoms with Gasteiger partial charge in [0.15, 0.2) is 0 Å². The molecule has 0 aliphatic carbocycles. The maximum Gasteiger partial charge on any atom is 0.241 e. The second-order valence-corrected chi connectivity index (χ2v) is 6.23. The highest BCUT2D eigenvalue weighted by molar-refractivity contribution is 5.94. The van der Waals surface area contributed by atoms with Crippen LogP contribution in [0.25, 0.3) is 0 Å². The minimum absolute atomic E-state index is 0.129. The third-order valence-corrected chi connectivity index (χ3v) is 4.64. The lowest BCUT2D eigenvalue weighted by atomic mass is 10.2. The monoisotopic (exact) mass is 339 g/mol. The predicted octanol–water partition coefficient (Wildman–Crippen LogP) is 2.57. The van der Waals surface area contributed by atoms with E-state index in [4.69, 9.17) is 0 Å². The van der Waals surface area contributed by atoms with Gasteiger partial charge < -0.3 is 14.9 Å². The van der Waals surface area contributed by atoms with Gasteiger partial charge >= 0.3 is 0 Å². The van der Waals surface area contributed by atoms with Gasteiger partial charge in [0.2, 0.25) is 5.91 Å². The summed E-state index contributed by atoms with van der Waals surface area (Å²) in [6, 6.07) is 17.2. The van der Waals surface area contributed by atoms with Crippen molar-refractivity contribution in [3.05, 3.63) is 54.6 Å². The highest BCUT2D eigenvalue weighted by atomic mass is 16.3. The van der Waals surface area contributed by atoms with Crippen LogP contribution in [0, 0.1) is 0 Å². The number of phenols is 1. The molecule has 5 nitrogen and oxygen atoms in total. The van der Waals surface area contributed by atoms with E-state index < -0.39 is 0 Å². The number of likely N-dealkylation sites (N-methyl/N-ethyl adjacent to an activating group) is 1. The van der Waals surface area contributed by atoms with Crippen LogP contribution in [-0.4, -0.2) is 55.2 Å². The lowest BCUT2D eigenvalue weighted by Gasteiger charge is -2.36. The summed E-state index contributed by atoms with van der Waals surface area (Å²) in [4.78, 5) is 18.9. The predicted molar refractivity (Wildman–Crippen MR) is 101 cm³/mol. The maximum atomic E-state index is 12.7. The zero-order valence-electron chi connectivity index (χ0n) is 14.6. The zero-order chi connectivity index (χ0) is 17.6. The number of piperazine rings is 1. The van der Waals surface area contributed by atoms with E-state index in [-0.39, 0.29) is 5.91 Å². The van der Waals surface area contributed by atoms with Crippen molar-refractivity contribution < 1.29 is 9.90 Å². The molecule has 0 aromatic heterocycles. The van der Waals surface area contributed by atoms with Crippen molar-refractivity contribution in [1.82, 2.24) is 4.90 Å². The first-order chi connectivity index (χ1) is 12.2. The summed E-state index contributed by atoms with van der Waals surface area (Å²) in [7, 11) is 0. The van der Waals surface area contributed by atoms with Crippen LogP contribution < -0.4 is 9.80 Å². The number of nitrogens with zero attached hydrogens (tertiary/aromatic N) is 3. The van der Waals surface area contributed by atoms with Gasteiger partial charge in [-0.25, -0.2) is 0 Å². The van der Waals surface area contributed by atoms with Gasteiger partial charge in [-0.15, -0.1) is 0 Å². The molecular weight excluding hydrogens is 314 g/mol. The van der Waals surface area contributed by atoms with E-state index in [1.165, 1.54) is 0 Å². The van der Waals surface area contributed by atoms with Crippen LogP contribution in [0.2, 0.25) is 0 Å². The molecule has 1 amide bonds. The molecule has 0 atom stereocenters. The van der Waals surface area contributed by atoms with E-state index >= 15 is 0 Å². The number of benzene rings is 2. The quantitative estimate of drug-likeness (QED) is 0.909. The minimum atomic E-state index is 0.129. The Balaban J connectivity index is 1.57. The fourth-order valence-electron chi connectivity index (χ4n) is 3.27. The molecule has 0 spiro atoms. The fraction of sp³-hybridized carbons (Fsp3) is 0.350. The van der Waals surface area contributed by atoms with Gasteiger partial charge in [-0.05, 0) is 31.2 Å². The van der Waals surface area contributed by atoms with E-state index in [2.05, 4.69) is 9.80 Å². The second kappa shape index (κ2) is 8.03. The normalized spacial score (nSPS) is 15.2. The number of aromatic hydroxyl groups is 1. The van der Waals surface area contributed by atoms with Crippen molar-refractivity contribution >= 4 is 17.3 Å². The van der Waals surface area contributed by atoms with Gasteiger partial charge in [0.1, 0.15) is 5.75 Å². The molecule has 0 unspecified atom stereocenters. The Labute approximate surface area is 149 Å². The van der Waals surface area contributed by atoms with Crippen LogP contribution in [0.4, 0.5) is 11.4 Å². The van der Waals surface area contributed by atoms with E-state index in [0.717, 1.165) is 37.6 Å². The van der Waals surface area contributed by atoms with Gasteiger partial charge in [-0.2, -0.15) is 0 Å². The molecule has 1 saturated heterocycles. The summed E-state index contributed by atoms with van der Waals surface area (Å²) in [5.41, 5.74) is 1.82. The van der Waals surface area contributed by atoms with E-state index in [1.807, 2.05) is 60.4 Å². The number of rotatable bonds is 5. The second-order valence-electron chi connectivity index (χ2n) is 6.23. The number of para-hydroxylation sites is 3. The molecule has 1 heterocycles. The standard InChI is InChI=1S/C20H25N3O2/c1-2-23(17-8-4-3-5-9-17)20(25)16-21-12-14-22(15-13-21)18-10-6-7-11-19(18)24/h3-11,24H,2,12-16H2,1H3. The Kier molecular flexibility index (Phi) is 5.56. The molecule has 5 heteroatoms. The Hall–Kier alpha value is -2.53. The summed E-state index contributed by atoms with van der Waals surface area (Å²) in [5.74, 6) is 0.443. The first-order valence-corrected chi connectivity index (χ1v) is 8.79. The van der Waals surface area contributed by atoms with Crippen LogP contribution in [-0.2, 0) is 4.79 Å². The Bertz CT molecular complexity index is 697. The van der Waals surface area contributed by atoms with Gasteiger partial charge in [-0.1, -0.05) is 30.3 Å². The van der Waals surface area contributed by atoms with Gasteiger partial charge in [0.25, 0.3) is 0 Å². The van der Waals surface area contributed by atoms with Crippen molar-refractivity contribution in [2.45, 2.75) is 6.92 Å². The van der Waals surface area contributed by atoms with Crippen molar-refractivity contribution in [2.24, 2.45) is 0 Å². The number of carbonyl (C=O) groups excluding carboxylic acids is 1. The minimum Gasteiger partial charge on any atom is -0.506 e. The Morgan fingerprint density at radius 1 is 1.00 bits per heavy atom. The lowest BCUT2D eigenvalue weighted by molar-refractivity contribution is -0.119. The molecule has 2 aromatic rings. The van der Waals surface area contributed by atoms with Gasteiger partial charge in [0.05, 0.1) is 12.2 Å². The molecule has 1 N–H and O–H groups in total. The molecule has 0 radical (unpaired) electrons. The van der Waals surface area contributed by atoms with Crippen molar-refractivity contribution in [2.75, 3.05) is 49.1 Å². The van der Waals surface area contributed by atoms with Crippen LogP contribution in [0.3, 0.4) is 0 Å². The summed E-state index contributed by atoms with van der Waals surface area (Å²) >= 11 is 0. The van der Waals surface area contributed by atoms with Crippen LogP contribution in [0.1, 0.15) is 6.92 Å². The van der Waals surface area contributed by atoms with E-state index in [9.17, 15) is 9.90 Å². The highest BCUT2D eigenvalue weighted by Gasteiger charge is 2.23. The van der Waals surface area contributed by atoms with Gasteiger partial charge in [0, 0.05) is 38.4 Å². The fourth-order valence-corrected chi connectivity index (χ4v) is 3.27. The number of hydrogen-bond donors (Lipinski definition) is 1. The van der Waals surface area contributed by atoms with E-state index in [0.29, 0.717) is 18.8 Å². The van der Waals surface area contributed by atoms with Crippen LogP contribution in [0.15, 0.2) is 54.6 Å². The summed E-state index contributed by atoms with van der Waals surface area (Å²) in [5, 5.41) is 9.99. The number of carbonyl (C=O) groups is 1. The molecule has 132 valence electrons. The maximum absolute atomic E-state index is 12.7. The van der Waals surface area contributed by atoms with Crippen molar-refractivity contribution in [3.8, 4) is 5.75 Å². The molecule has 1 fully saturated rings. The molecule has 0 bridgehead atoms. The third-order valence-electron chi connectivity index (χ3n) is 4.64. The first-order valence-electron chi connectivity index (χ1n) is 8.79. The summed E-state index contributed by atoms with van der Waals surface area (Å²) in [6.07, 6.45) is 0. The zero-order valence-corrected chi connectivity index (χ0v) is 14.6. The third kappa shape index (κ3) is 4.12. The number of anilines is 2. The number of amides is 1. The Morgan fingerprint density at radius 2 is 1.64 bits per heavy atom.